The summed E-state index contributed by atoms with van der Waals surface area (Å²) in [6, 6.07) is 10.2. The lowest BCUT2D eigenvalue weighted by molar-refractivity contribution is 0.163. The molecule has 7 nitrogen and oxygen atoms in total. The standard InChI is InChI=1S/C23H26FN5O2/c24-16-2-1-3-17(11-16)27-23-26-13-15-10-21(29-9-6-18(30)14-29)22(12-20(15)28-23)31-19-4-7-25-8-5-19/h1-3,10-13,18-19,25,30H,4-9,14H2,(H,26,27,28)/t18-/m1/s1. The summed E-state index contributed by atoms with van der Waals surface area (Å²) in [5.74, 6) is 0.861. The van der Waals surface area contributed by atoms with Crippen molar-refractivity contribution in [3.63, 3.8) is 0 Å². The van der Waals surface area contributed by atoms with E-state index in [4.69, 9.17) is 4.74 Å². The Bertz CT molecular complexity index is 1070. The Morgan fingerprint density at radius 1 is 1.16 bits per heavy atom. The Morgan fingerprint density at radius 3 is 2.81 bits per heavy atom. The lowest BCUT2D eigenvalue weighted by Gasteiger charge is -2.28. The summed E-state index contributed by atoms with van der Waals surface area (Å²) < 4.78 is 19.9. The average Bonchev–Trinajstić information content (AvgIpc) is 3.20. The minimum absolute atomic E-state index is 0.150. The van der Waals surface area contributed by atoms with Gasteiger partial charge in [-0.2, -0.15) is 0 Å². The molecule has 5 rings (SSSR count). The number of nitrogens with one attached hydrogen (secondary N) is 2. The Hall–Kier alpha value is -2.97. The number of ether oxygens (including phenoxy) is 1. The molecule has 2 aliphatic rings. The molecule has 0 spiro atoms. The fourth-order valence-electron chi connectivity index (χ4n) is 4.20. The maximum atomic E-state index is 13.5. The minimum Gasteiger partial charge on any atom is -0.488 e. The van der Waals surface area contributed by atoms with Crippen molar-refractivity contribution in [2.45, 2.75) is 31.5 Å². The van der Waals surface area contributed by atoms with Crippen LogP contribution < -0.4 is 20.3 Å². The summed E-state index contributed by atoms with van der Waals surface area (Å²) in [5, 5.41) is 17.3. The lowest BCUT2D eigenvalue weighted by atomic mass is 10.1. The lowest BCUT2D eigenvalue weighted by Crippen LogP contribution is -2.34. The molecule has 0 aliphatic carbocycles. The van der Waals surface area contributed by atoms with E-state index >= 15 is 0 Å². The number of aliphatic hydroxyl groups excluding tert-OH is 1. The summed E-state index contributed by atoms with van der Waals surface area (Å²) in [7, 11) is 0. The van der Waals surface area contributed by atoms with Gasteiger partial charge in [-0.15, -0.1) is 0 Å². The van der Waals surface area contributed by atoms with E-state index in [-0.39, 0.29) is 18.0 Å². The number of aromatic nitrogens is 2. The molecule has 2 aromatic carbocycles. The Labute approximate surface area is 180 Å². The first-order chi connectivity index (χ1) is 15.1. The van der Waals surface area contributed by atoms with Crippen LogP contribution >= 0.6 is 0 Å². The van der Waals surface area contributed by atoms with Crippen molar-refractivity contribution in [2.75, 3.05) is 36.4 Å². The summed E-state index contributed by atoms with van der Waals surface area (Å²) in [6.07, 6.45) is 4.24. The second kappa shape index (κ2) is 8.64. The normalized spacial score (nSPS) is 19.7. The van der Waals surface area contributed by atoms with Crippen LogP contribution in [0.2, 0.25) is 0 Å². The molecule has 2 saturated heterocycles. The van der Waals surface area contributed by atoms with Crippen molar-refractivity contribution >= 4 is 28.2 Å². The molecule has 2 aliphatic heterocycles. The van der Waals surface area contributed by atoms with Crippen molar-refractivity contribution in [3.05, 3.63) is 48.4 Å². The van der Waals surface area contributed by atoms with Gasteiger partial charge in [0.1, 0.15) is 17.7 Å². The number of benzene rings is 2. The van der Waals surface area contributed by atoms with Crippen LogP contribution in [0.15, 0.2) is 42.6 Å². The zero-order valence-corrected chi connectivity index (χ0v) is 17.2. The van der Waals surface area contributed by atoms with E-state index in [1.807, 2.05) is 12.1 Å². The molecule has 0 amide bonds. The molecule has 8 heteroatoms. The summed E-state index contributed by atoms with van der Waals surface area (Å²) >= 11 is 0. The third-order valence-electron chi connectivity index (χ3n) is 5.83. The van der Waals surface area contributed by atoms with Gasteiger partial charge in [0.2, 0.25) is 5.95 Å². The number of halogens is 1. The SMILES string of the molecule is O[C@@H]1CCN(c2cc3cnc(Nc4cccc(F)c4)nc3cc2OC2CCNCC2)C1. The van der Waals surface area contributed by atoms with E-state index in [1.165, 1.54) is 12.1 Å². The van der Waals surface area contributed by atoms with Gasteiger partial charge in [-0.25, -0.2) is 14.4 Å². The Kier molecular flexibility index (Phi) is 5.57. The second-order valence-corrected chi connectivity index (χ2v) is 8.16. The fraction of sp³-hybridized carbons (Fsp3) is 0.391. The Morgan fingerprint density at radius 2 is 2.03 bits per heavy atom. The maximum Gasteiger partial charge on any atom is 0.227 e. The smallest absolute Gasteiger partial charge is 0.227 e. The number of nitrogens with zero attached hydrogens (tertiary/aromatic N) is 3. The molecular formula is C23H26FN5O2. The number of aliphatic hydroxyl groups is 1. The van der Waals surface area contributed by atoms with Crippen LogP contribution in [-0.4, -0.2) is 53.5 Å². The molecule has 3 aromatic rings. The highest BCUT2D eigenvalue weighted by molar-refractivity contribution is 5.86. The fourth-order valence-corrected chi connectivity index (χ4v) is 4.20. The summed E-state index contributed by atoms with van der Waals surface area (Å²) in [4.78, 5) is 11.2. The first-order valence-corrected chi connectivity index (χ1v) is 10.8. The molecule has 1 atom stereocenters. The Balaban J connectivity index is 1.48. The van der Waals surface area contributed by atoms with Gasteiger partial charge in [-0.3, -0.25) is 0 Å². The van der Waals surface area contributed by atoms with Crippen LogP contribution in [0.25, 0.3) is 10.9 Å². The molecule has 162 valence electrons. The monoisotopic (exact) mass is 423 g/mol. The zero-order chi connectivity index (χ0) is 21.2. The van der Waals surface area contributed by atoms with Crippen LogP contribution in [0.3, 0.4) is 0 Å². The van der Waals surface area contributed by atoms with E-state index in [2.05, 4.69) is 25.5 Å². The molecule has 0 unspecified atom stereocenters. The predicted molar refractivity (Wildman–Crippen MR) is 119 cm³/mol. The first-order valence-electron chi connectivity index (χ1n) is 10.8. The largest absolute Gasteiger partial charge is 0.488 e. The van der Waals surface area contributed by atoms with E-state index < -0.39 is 0 Å². The van der Waals surface area contributed by atoms with Gasteiger partial charge < -0.3 is 25.4 Å². The van der Waals surface area contributed by atoms with Gasteiger partial charge in [0, 0.05) is 36.4 Å². The highest BCUT2D eigenvalue weighted by Gasteiger charge is 2.25. The number of piperidine rings is 1. The first kappa shape index (κ1) is 20.0. The summed E-state index contributed by atoms with van der Waals surface area (Å²) in [5.41, 5.74) is 2.31. The van der Waals surface area contributed by atoms with Gasteiger partial charge in [0.25, 0.3) is 0 Å². The third-order valence-corrected chi connectivity index (χ3v) is 5.83. The zero-order valence-electron chi connectivity index (χ0n) is 17.2. The molecule has 0 saturated carbocycles. The van der Waals surface area contributed by atoms with E-state index in [1.54, 1.807) is 18.3 Å². The molecule has 1 aromatic heterocycles. The van der Waals surface area contributed by atoms with Crippen LogP contribution in [0, 0.1) is 5.82 Å². The van der Waals surface area contributed by atoms with Crippen LogP contribution in [0.1, 0.15) is 19.3 Å². The number of β-amino-alcohol motifs (C(OH)–C–C–N with tert-alkyl or cyclic N) is 1. The maximum absolute atomic E-state index is 13.5. The van der Waals surface area contributed by atoms with E-state index in [0.717, 1.165) is 61.2 Å². The second-order valence-electron chi connectivity index (χ2n) is 8.16. The van der Waals surface area contributed by atoms with Crippen molar-refractivity contribution in [3.8, 4) is 5.75 Å². The number of rotatable bonds is 5. The van der Waals surface area contributed by atoms with Crippen molar-refractivity contribution in [2.24, 2.45) is 0 Å². The number of anilines is 3. The summed E-state index contributed by atoms with van der Waals surface area (Å²) in [6.45, 7) is 3.27. The topological polar surface area (TPSA) is 82.5 Å². The van der Waals surface area contributed by atoms with Crippen molar-refractivity contribution in [1.82, 2.24) is 15.3 Å². The van der Waals surface area contributed by atoms with Crippen molar-refractivity contribution in [1.29, 1.82) is 0 Å². The van der Waals surface area contributed by atoms with Gasteiger partial charge in [0.05, 0.1) is 17.3 Å². The molecule has 3 heterocycles. The minimum atomic E-state index is -0.323. The third kappa shape index (κ3) is 4.55. The van der Waals surface area contributed by atoms with Crippen LogP contribution in [0.4, 0.5) is 21.7 Å². The number of hydrogen-bond donors (Lipinski definition) is 3. The molecule has 2 fully saturated rings. The molecule has 0 bridgehead atoms. The molecule has 0 radical (unpaired) electrons. The van der Waals surface area contributed by atoms with Gasteiger partial charge in [0.15, 0.2) is 0 Å². The predicted octanol–water partition coefficient (Wildman–Crippen LogP) is 3.21. The number of hydrogen-bond acceptors (Lipinski definition) is 7. The highest BCUT2D eigenvalue weighted by Crippen LogP contribution is 2.36. The quantitative estimate of drug-likeness (QED) is 0.581. The molecule has 3 N–H and O–H groups in total. The van der Waals surface area contributed by atoms with E-state index in [0.29, 0.717) is 18.2 Å². The van der Waals surface area contributed by atoms with Gasteiger partial charge >= 0.3 is 0 Å². The highest BCUT2D eigenvalue weighted by atomic mass is 19.1. The molecule has 31 heavy (non-hydrogen) atoms. The van der Waals surface area contributed by atoms with Crippen LogP contribution in [-0.2, 0) is 0 Å². The molecular weight excluding hydrogens is 397 g/mol. The van der Waals surface area contributed by atoms with Crippen LogP contribution in [0.5, 0.6) is 5.75 Å². The number of fused-ring (bicyclic) bond motifs is 1. The van der Waals surface area contributed by atoms with E-state index in [9.17, 15) is 9.50 Å². The average molecular weight is 423 g/mol. The van der Waals surface area contributed by atoms with Gasteiger partial charge in [-0.05, 0) is 56.6 Å². The van der Waals surface area contributed by atoms with Gasteiger partial charge in [-0.1, -0.05) is 6.07 Å². The van der Waals surface area contributed by atoms with Crippen molar-refractivity contribution < 1.29 is 14.2 Å².